The SMILES string of the molecule is COCCc1c(C(=O)OC)nnn1CCC(C)O. The van der Waals surface area contributed by atoms with Crippen molar-refractivity contribution in [1.82, 2.24) is 15.0 Å². The van der Waals surface area contributed by atoms with E-state index in [4.69, 9.17) is 4.74 Å². The lowest BCUT2D eigenvalue weighted by atomic mass is 10.2. The number of hydrogen-bond donors (Lipinski definition) is 1. The third-order valence-electron chi connectivity index (χ3n) is 2.52. The zero-order valence-corrected chi connectivity index (χ0v) is 10.9. The van der Waals surface area contributed by atoms with Gasteiger partial charge in [0.05, 0.1) is 25.5 Å². The van der Waals surface area contributed by atoms with E-state index >= 15 is 0 Å². The summed E-state index contributed by atoms with van der Waals surface area (Å²) in [6.07, 6.45) is 0.642. The van der Waals surface area contributed by atoms with Crippen LogP contribution in [0.1, 0.15) is 29.5 Å². The van der Waals surface area contributed by atoms with Gasteiger partial charge >= 0.3 is 5.97 Å². The molecule has 102 valence electrons. The Balaban J connectivity index is 2.88. The maximum atomic E-state index is 11.5. The quantitative estimate of drug-likeness (QED) is 0.693. The molecular weight excluding hydrogens is 238 g/mol. The highest BCUT2D eigenvalue weighted by molar-refractivity contribution is 5.88. The van der Waals surface area contributed by atoms with E-state index in [1.165, 1.54) is 7.11 Å². The van der Waals surface area contributed by atoms with Crippen molar-refractivity contribution in [2.75, 3.05) is 20.8 Å². The number of aliphatic hydroxyl groups is 1. The summed E-state index contributed by atoms with van der Waals surface area (Å²) in [5, 5.41) is 17.0. The number of esters is 1. The molecule has 1 rings (SSSR count). The minimum atomic E-state index is -0.510. The maximum absolute atomic E-state index is 11.5. The van der Waals surface area contributed by atoms with E-state index in [0.29, 0.717) is 31.7 Å². The smallest absolute Gasteiger partial charge is 0.360 e. The molecule has 1 atom stereocenters. The Morgan fingerprint density at radius 3 is 2.78 bits per heavy atom. The zero-order valence-electron chi connectivity index (χ0n) is 10.9. The van der Waals surface area contributed by atoms with Crippen LogP contribution in [0.5, 0.6) is 0 Å². The van der Waals surface area contributed by atoms with Crippen LogP contribution in [0.4, 0.5) is 0 Å². The van der Waals surface area contributed by atoms with Crippen LogP contribution in [0.3, 0.4) is 0 Å². The van der Waals surface area contributed by atoms with Crippen LogP contribution in [0.15, 0.2) is 0 Å². The summed E-state index contributed by atoms with van der Waals surface area (Å²) in [4.78, 5) is 11.5. The van der Waals surface area contributed by atoms with Gasteiger partial charge < -0.3 is 14.6 Å². The summed E-state index contributed by atoms with van der Waals surface area (Å²) in [6, 6.07) is 0. The van der Waals surface area contributed by atoms with E-state index in [1.807, 2.05) is 0 Å². The second-order valence-corrected chi connectivity index (χ2v) is 3.98. The van der Waals surface area contributed by atoms with Gasteiger partial charge in [-0.25, -0.2) is 9.48 Å². The number of carbonyl (C=O) groups is 1. The second-order valence-electron chi connectivity index (χ2n) is 3.98. The molecule has 0 radical (unpaired) electrons. The van der Waals surface area contributed by atoms with Crippen molar-refractivity contribution in [2.45, 2.75) is 32.4 Å². The van der Waals surface area contributed by atoms with E-state index in [-0.39, 0.29) is 5.69 Å². The van der Waals surface area contributed by atoms with Crippen molar-refractivity contribution in [3.05, 3.63) is 11.4 Å². The third kappa shape index (κ3) is 3.78. The standard InChI is InChI=1S/C11H19N3O4/c1-8(15)4-6-14-9(5-7-17-2)10(12-13-14)11(16)18-3/h8,15H,4-7H2,1-3H3. The third-order valence-corrected chi connectivity index (χ3v) is 2.52. The van der Waals surface area contributed by atoms with Crippen molar-refractivity contribution >= 4 is 5.97 Å². The summed E-state index contributed by atoms with van der Waals surface area (Å²) in [6.45, 7) is 2.67. The van der Waals surface area contributed by atoms with Crippen molar-refractivity contribution in [3.8, 4) is 0 Å². The van der Waals surface area contributed by atoms with Gasteiger partial charge in [-0.2, -0.15) is 0 Å². The first-order chi connectivity index (χ1) is 8.60. The largest absolute Gasteiger partial charge is 0.464 e. The maximum Gasteiger partial charge on any atom is 0.360 e. The van der Waals surface area contributed by atoms with Crippen LogP contribution in [0.25, 0.3) is 0 Å². The van der Waals surface area contributed by atoms with Crippen LogP contribution in [0, 0.1) is 0 Å². The molecule has 0 aliphatic rings. The Hall–Kier alpha value is -1.47. The average Bonchev–Trinajstić information content (AvgIpc) is 2.75. The molecule has 7 heteroatoms. The lowest BCUT2D eigenvalue weighted by Gasteiger charge is -2.08. The molecule has 0 saturated heterocycles. The Labute approximate surface area is 106 Å². The van der Waals surface area contributed by atoms with E-state index < -0.39 is 12.1 Å². The van der Waals surface area contributed by atoms with Gasteiger partial charge in [0.15, 0.2) is 5.69 Å². The van der Waals surface area contributed by atoms with E-state index in [0.717, 1.165) is 0 Å². The lowest BCUT2D eigenvalue weighted by molar-refractivity contribution is 0.0592. The molecule has 0 amide bonds. The molecule has 18 heavy (non-hydrogen) atoms. The molecule has 1 heterocycles. The molecule has 1 N–H and O–H groups in total. The molecule has 0 fully saturated rings. The first kappa shape index (κ1) is 14.6. The van der Waals surface area contributed by atoms with Crippen LogP contribution in [-0.4, -0.2) is 53.0 Å². The molecular formula is C11H19N3O4. The van der Waals surface area contributed by atoms with Crippen molar-refractivity contribution < 1.29 is 19.4 Å². The Kier molecular flexibility index (Phi) is 5.73. The monoisotopic (exact) mass is 257 g/mol. The average molecular weight is 257 g/mol. The predicted octanol–water partition coefficient (Wildman–Crippen LogP) is 0.0245. The normalized spacial score (nSPS) is 12.4. The highest BCUT2D eigenvalue weighted by atomic mass is 16.5. The van der Waals surface area contributed by atoms with Gasteiger partial charge in [0.25, 0.3) is 0 Å². The molecule has 7 nitrogen and oxygen atoms in total. The summed E-state index contributed by atoms with van der Waals surface area (Å²) in [5.74, 6) is -0.510. The molecule has 1 aromatic heterocycles. The molecule has 0 aromatic carbocycles. The number of aryl methyl sites for hydroxylation is 1. The Morgan fingerprint density at radius 2 is 2.22 bits per heavy atom. The number of methoxy groups -OCH3 is 2. The van der Waals surface area contributed by atoms with Crippen molar-refractivity contribution in [3.63, 3.8) is 0 Å². The van der Waals surface area contributed by atoms with Gasteiger partial charge in [0, 0.05) is 20.1 Å². The van der Waals surface area contributed by atoms with Crippen LogP contribution in [-0.2, 0) is 22.4 Å². The van der Waals surface area contributed by atoms with E-state index in [1.54, 1.807) is 18.7 Å². The van der Waals surface area contributed by atoms with Crippen molar-refractivity contribution in [2.24, 2.45) is 0 Å². The lowest BCUT2D eigenvalue weighted by Crippen LogP contribution is -2.14. The Morgan fingerprint density at radius 1 is 1.50 bits per heavy atom. The zero-order chi connectivity index (χ0) is 13.5. The molecule has 1 aromatic rings. The highest BCUT2D eigenvalue weighted by Crippen LogP contribution is 2.09. The fourth-order valence-corrected chi connectivity index (χ4v) is 1.52. The first-order valence-corrected chi connectivity index (χ1v) is 5.77. The fraction of sp³-hybridized carbons (Fsp3) is 0.727. The highest BCUT2D eigenvalue weighted by Gasteiger charge is 2.20. The summed E-state index contributed by atoms with van der Waals surface area (Å²) in [7, 11) is 2.89. The number of ether oxygens (including phenoxy) is 2. The molecule has 1 unspecified atom stereocenters. The number of aromatic nitrogens is 3. The molecule has 0 bridgehead atoms. The number of aliphatic hydroxyl groups excluding tert-OH is 1. The van der Waals surface area contributed by atoms with E-state index in [9.17, 15) is 9.90 Å². The number of nitrogens with zero attached hydrogens (tertiary/aromatic N) is 3. The fourth-order valence-electron chi connectivity index (χ4n) is 1.52. The first-order valence-electron chi connectivity index (χ1n) is 5.77. The number of carbonyl (C=O) groups excluding carboxylic acids is 1. The van der Waals surface area contributed by atoms with Gasteiger partial charge in [-0.3, -0.25) is 0 Å². The topological polar surface area (TPSA) is 86.5 Å². The van der Waals surface area contributed by atoms with Crippen LogP contribution < -0.4 is 0 Å². The minimum Gasteiger partial charge on any atom is -0.464 e. The van der Waals surface area contributed by atoms with Gasteiger partial charge in [-0.15, -0.1) is 5.10 Å². The van der Waals surface area contributed by atoms with Crippen molar-refractivity contribution in [1.29, 1.82) is 0 Å². The van der Waals surface area contributed by atoms with Crippen LogP contribution in [0.2, 0.25) is 0 Å². The summed E-state index contributed by atoms with van der Waals surface area (Å²) >= 11 is 0. The second kappa shape index (κ2) is 7.07. The molecule has 0 spiro atoms. The van der Waals surface area contributed by atoms with Gasteiger partial charge in [-0.05, 0) is 13.3 Å². The molecule has 0 aliphatic heterocycles. The minimum absolute atomic E-state index is 0.208. The molecule has 0 aliphatic carbocycles. The summed E-state index contributed by atoms with van der Waals surface area (Å²) < 4.78 is 11.3. The van der Waals surface area contributed by atoms with Crippen LogP contribution >= 0.6 is 0 Å². The molecule has 0 saturated carbocycles. The summed E-state index contributed by atoms with van der Waals surface area (Å²) in [5.41, 5.74) is 0.879. The van der Waals surface area contributed by atoms with Gasteiger partial charge in [0.2, 0.25) is 0 Å². The number of hydrogen-bond acceptors (Lipinski definition) is 6. The number of rotatable bonds is 7. The van der Waals surface area contributed by atoms with Gasteiger partial charge in [0.1, 0.15) is 0 Å². The Bertz CT molecular complexity index is 390. The van der Waals surface area contributed by atoms with E-state index in [2.05, 4.69) is 15.0 Å². The predicted molar refractivity (Wildman–Crippen MR) is 63.2 cm³/mol. The van der Waals surface area contributed by atoms with Gasteiger partial charge in [-0.1, -0.05) is 5.21 Å².